The number of carbonyl (C=O) groups is 2. The molecule has 0 saturated heterocycles. The highest BCUT2D eigenvalue weighted by atomic mass is 16.4. The molecule has 0 aromatic carbocycles. The Balaban J connectivity index is 1.86. The zero-order valence-corrected chi connectivity index (χ0v) is 15.1. The van der Waals surface area contributed by atoms with Gasteiger partial charge in [-0.05, 0) is 43.4 Å². The van der Waals surface area contributed by atoms with Crippen molar-refractivity contribution in [2.24, 2.45) is 17.3 Å². The van der Waals surface area contributed by atoms with Gasteiger partial charge in [-0.2, -0.15) is 0 Å². The largest absolute Gasteiger partial charge is 0.481 e. The monoisotopic (exact) mass is 336 g/mol. The van der Waals surface area contributed by atoms with Crippen LogP contribution in [0.5, 0.6) is 0 Å². The van der Waals surface area contributed by atoms with Gasteiger partial charge in [0.05, 0.1) is 6.10 Å². The number of unbranched alkanes of at least 4 members (excludes halogenated alkanes) is 3. The third-order valence-electron chi connectivity index (χ3n) is 5.58. The van der Waals surface area contributed by atoms with Gasteiger partial charge in [-0.1, -0.05) is 44.8 Å². The van der Waals surface area contributed by atoms with Gasteiger partial charge in [-0.3, -0.25) is 9.59 Å². The summed E-state index contributed by atoms with van der Waals surface area (Å²) in [6.07, 6.45) is 9.79. The smallest absolute Gasteiger partial charge is 0.303 e. The van der Waals surface area contributed by atoms with Gasteiger partial charge in [0.1, 0.15) is 5.78 Å². The molecule has 4 nitrogen and oxygen atoms in total. The first-order chi connectivity index (χ1) is 11.3. The van der Waals surface area contributed by atoms with Crippen LogP contribution in [0.3, 0.4) is 0 Å². The van der Waals surface area contributed by atoms with E-state index in [0.717, 1.165) is 51.4 Å². The highest BCUT2D eigenvalue weighted by Gasteiger charge is 2.39. The van der Waals surface area contributed by atoms with E-state index in [9.17, 15) is 14.7 Å². The number of aliphatic carboxylic acids is 1. The first-order valence-corrected chi connectivity index (χ1v) is 9.42. The molecule has 1 saturated carbocycles. The number of allylic oxidation sites excluding steroid dienone is 1. The molecule has 4 heteroatoms. The fourth-order valence-corrected chi connectivity index (χ4v) is 4.52. The van der Waals surface area contributed by atoms with Crippen molar-refractivity contribution in [3.63, 3.8) is 0 Å². The van der Waals surface area contributed by atoms with Gasteiger partial charge >= 0.3 is 5.97 Å². The van der Waals surface area contributed by atoms with Crippen LogP contribution < -0.4 is 0 Å². The second-order valence-electron chi connectivity index (χ2n) is 8.42. The van der Waals surface area contributed by atoms with E-state index in [1.807, 2.05) is 6.08 Å². The predicted octanol–water partition coefficient (Wildman–Crippen LogP) is 4.11. The predicted molar refractivity (Wildman–Crippen MR) is 93.7 cm³/mol. The summed E-state index contributed by atoms with van der Waals surface area (Å²) in [6, 6.07) is 0. The summed E-state index contributed by atoms with van der Waals surface area (Å²) in [5.41, 5.74) is 1.40. The summed E-state index contributed by atoms with van der Waals surface area (Å²) in [5, 5.41) is 18.8. The van der Waals surface area contributed by atoms with Gasteiger partial charge in [-0.15, -0.1) is 0 Å². The number of rotatable bonds is 8. The molecule has 0 aromatic rings. The molecule has 0 amide bonds. The molecule has 0 spiro atoms. The highest BCUT2D eigenvalue weighted by Crippen LogP contribution is 2.45. The molecule has 1 unspecified atom stereocenters. The van der Waals surface area contributed by atoms with Gasteiger partial charge in [0.15, 0.2) is 0 Å². The lowest BCUT2D eigenvalue weighted by molar-refractivity contribution is -0.137. The number of aliphatic hydroxyl groups is 1. The number of hydrogen-bond acceptors (Lipinski definition) is 3. The average Bonchev–Trinajstić information content (AvgIpc) is 2.81. The van der Waals surface area contributed by atoms with Crippen LogP contribution in [0.4, 0.5) is 0 Å². The Hall–Kier alpha value is -1.16. The molecule has 2 aliphatic carbocycles. The molecular weight excluding hydrogens is 304 g/mol. The summed E-state index contributed by atoms with van der Waals surface area (Å²) in [6.45, 7) is 4.38. The first kappa shape index (κ1) is 19.2. The van der Waals surface area contributed by atoms with Crippen LogP contribution in [0.25, 0.3) is 0 Å². The van der Waals surface area contributed by atoms with Crippen molar-refractivity contribution in [3.8, 4) is 0 Å². The highest BCUT2D eigenvalue weighted by molar-refractivity contribution is 5.84. The molecule has 3 atom stereocenters. The number of carbonyl (C=O) groups excluding carboxylic acids is 1. The Labute approximate surface area is 145 Å². The van der Waals surface area contributed by atoms with E-state index in [4.69, 9.17) is 5.11 Å². The Bertz CT molecular complexity index is 492. The number of hydrogen-bond donors (Lipinski definition) is 2. The van der Waals surface area contributed by atoms with Crippen LogP contribution >= 0.6 is 0 Å². The van der Waals surface area contributed by atoms with Crippen molar-refractivity contribution in [2.75, 3.05) is 0 Å². The lowest BCUT2D eigenvalue weighted by Crippen LogP contribution is -2.29. The molecule has 0 bridgehead atoms. The minimum atomic E-state index is -0.730. The SMILES string of the molecule is CC1(C)CC([C@H]2CCC(=O)[C@@H]2CCCCCCC(=O)O)=CC(O)C1. The summed E-state index contributed by atoms with van der Waals surface area (Å²) < 4.78 is 0. The van der Waals surface area contributed by atoms with E-state index in [-0.39, 0.29) is 23.9 Å². The van der Waals surface area contributed by atoms with E-state index in [2.05, 4.69) is 13.8 Å². The van der Waals surface area contributed by atoms with Crippen LogP contribution in [0, 0.1) is 17.3 Å². The Morgan fingerprint density at radius 1 is 1.25 bits per heavy atom. The minimum Gasteiger partial charge on any atom is -0.481 e. The summed E-state index contributed by atoms with van der Waals surface area (Å²) in [7, 11) is 0. The Morgan fingerprint density at radius 3 is 2.62 bits per heavy atom. The third-order valence-corrected chi connectivity index (χ3v) is 5.58. The number of aliphatic hydroxyl groups excluding tert-OH is 1. The van der Waals surface area contributed by atoms with Crippen molar-refractivity contribution in [3.05, 3.63) is 11.6 Å². The molecule has 2 N–H and O–H groups in total. The van der Waals surface area contributed by atoms with Crippen LogP contribution in [0.2, 0.25) is 0 Å². The Kier molecular flexibility index (Phi) is 6.62. The lowest BCUT2D eigenvalue weighted by atomic mass is 9.70. The van der Waals surface area contributed by atoms with Crippen molar-refractivity contribution in [2.45, 2.75) is 84.2 Å². The van der Waals surface area contributed by atoms with Crippen LogP contribution in [-0.2, 0) is 9.59 Å². The summed E-state index contributed by atoms with van der Waals surface area (Å²) >= 11 is 0. The fraction of sp³-hybridized carbons (Fsp3) is 0.800. The quantitative estimate of drug-likeness (QED) is 0.516. The van der Waals surface area contributed by atoms with Crippen LogP contribution in [0.15, 0.2) is 11.6 Å². The van der Waals surface area contributed by atoms with E-state index in [0.29, 0.717) is 18.1 Å². The van der Waals surface area contributed by atoms with Crippen LogP contribution in [0.1, 0.15) is 78.1 Å². The molecule has 1 fully saturated rings. The molecular formula is C20H32O4. The number of ketones is 1. The van der Waals surface area contributed by atoms with Gasteiger partial charge in [0.25, 0.3) is 0 Å². The maximum Gasteiger partial charge on any atom is 0.303 e. The molecule has 24 heavy (non-hydrogen) atoms. The standard InChI is InChI=1S/C20H32O4/c1-20(2)12-14(11-15(21)13-20)16-9-10-18(22)17(16)7-5-3-4-6-8-19(23)24/h11,15-17,21H,3-10,12-13H2,1-2H3,(H,23,24)/t15?,16-,17-/m1/s1. The maximum atomic E-state index is 12.3. The molecule has 0 radical (unpaired) electrons. The average molecular weight is 336 g/mol. The van der Waals surface area contributed by atoms with Gasteiger partial charge < -0.3 is 10.2 Å². The van der Waals surface area contributed by atoms with Gasteiger partial charge in [-0.25, -0.2) is 0 Å². The zero-order valence-electron chi connectivity index (χ0n) is 15.1. The molecule has 0 aromatic heterocycles. The molecule has 2 aliphatic rings. The summed E-state index contributed by atoms with van der Waals surface area (Å²) in [5.74, 6) is 0.0679. The molecule has 0 heterocycles. The van der Waals surface area contributed by atoms with Crippen molar-refractivity contribution < 1.29 is 19.8 Å². The molecule has 136 valence electrons. The maximum absolute atomic E-state index is 12.3. The molecule has 2 rings (SSSR count). The van der Waals surface area contributed by atoms with E-state index < -0.39 is 5.97 Å². The lowest BCUT2D eigenvalue weighted by Gasteiger charge is -2.36. The second-order valence-corrected chi connectivity index (χ2v) is 8.42. The Morgan fingerprint density at radius 2 is 1.96 bits per heavy atom. The van der Waals surface area contributed by atoms with Gasteiger partial charge in [0, 0.05) is 18.8 Å². The van der Waals surface area contributed by atoms with Crippen molar-refractivity contribution in [1.82, 2.24) is 0 Å². The number of carboxylic acid groups (broad SMARTS) is 1. The van der Waals surface area contributed by atoms with Gasteiger partial charge in [0.2, 0.25) is 0 Å². The fourth-order valence-electron chi connectivity index (χ4n) is 4.52. The van der Waals surface area contributed by atoms with E-state index in [1.54, 1.807) is 0 Å². The third kappa shape index (κ3) is 5.44. The second kappa shape index (κ2) is 8.28. The number of carboxylic acids is 1. The normalized spacial score (nSPS) is 29.5. The zero-order chi connectivity index (χ0) is 17.7. The summed E-state index contributed by atoms with van der Waals surface area (Å²) in [4.78, 5) is 22.8. The number of Topliss-reactive ketones (excluding diaryl/α,β-unsaturated/α-hetero) is 1. The van der Waals surface area contributed by atoms with Crippen LogP contribution in [-0.4, -0.2) is 28.1 Å². The molecule has 0 aliphatic heterocycles. The van der Waals surface area contributed by atoms with E-state index >= 15 is 0 Å². The first-order valence-electron chi connectivity index (χ1n) is 9.42. The topological polar surface area (TPSA) is 74.6 Å². The van der Waals surface area contributed by atoms with Crippen molar-refractivity contribution >= 4 is 11.8 Å². The van der Waals surface area contributed by atoms with Crippen molar-refractivity contribution in [1.29, 1.82) is 0 Å². The minimum absolute atomic E-state index is 0.108. The van der Waals surface area contributed by atoms with E-state index in [1.165, 1.54) is 5.57 Å².